The van der Waals surface area contributed by atoms with Crippen LogP contribution in [0.4, 0.5) is 0 Å². The van der Waals surface area contributed by atoms with E-state index in [4.69, 9.17) is 9.94 Å². The van der Waals surface area contributed by atoms with Crippen LogP contribution in [-0.4, -0.2) is 27.3 Å². The van der Waals surface area contributed by atoms with Crippen LogP contribution < -0.4 is 4.74 Å². The Balaban J connectivity index is 2.05. The summed E-state index contributed by atoms with van der Waals surface area (Å²) in [7, 11) is 1.89. The minimum atomic E-state index is 0.546. The molecule has 1 N–H and O–H groups in total. The Hall–Kier alpha value is -2.30. The number of hydrogen-bond acceptors (Lipinski definition) is 4. The van der Waals surface area contributed by atoms with E-state index in [1.54, 1.807) is 11.6 Å². The second kappa shape index (κ2) is 6.23. The Morgan fingerprint density at radius 2 is 2.25 bits per heavy atom. The first-order chi connectivity index (χ1) is 9.60. The summed E-state index contributed by atoms with van der Waals surface area (Å²) >= 11 is 0. The Bertz CT molecular complexity index is 617. The zero-order valence-electron chi connectivity index (χ0n) is 12.0. The Labute approximate surface area is 118 Å². The van der Waals surface area contributed by atoms with E-state index >= 15 is 0 Å². The third-order valence-corrected chi connectivity index (χ3v) is 3.08. The lowest BCUT2D eigenvalue weighted by Gasteiger charge is -2.11. The molecule has 0 aliphatic heterocycles. The maximum atomic E-state index is 8.93. The van der Waals surface area contributed by atoms with Crippen molar-refractivity contribution in [2.24, 2.45) is 12.2 Å². The number of aryl methyl sites for hydroxylation is 2. The summed E-state index contributed by atoms with van der Waals surface area (Å²) in [5, 5.41) is 16.3. The molecule has 1 aromatic carbocycles. The van der Waals surface area contributed by atoms with Gasteiger partial charge in [-0.1, -0.05) is 16.8 Å². The fourth-order valence-electron chi connectivity index (χ4n) is 1.99. The lowest BCUT2D eigenvalue weighted by Crippen LogP contribution is -2.06. The third-order valence-electron chi connectivity index (χ3n) is 3.08. The van der Waals surface area contributed by atoms with Gasteiger partial charge in [-0.05, 0) is 31.5 Å². The molecule has 5 nitrogen and oxygen atoms in total. The van der Waals surface area contributed by atoms with Crippen LogP contribution >= 0.6 is 0 Å². The summed E-state index contributed by atoms with van der Waals surface area (Å²) in [6, 6.07) is 5.84. The van der Waals surface area contributed by atoms with Crippen molar-refractivity contribution in [1.29, 1.82) is 0 Å². The number of aromatic nitrogens is 2. The average Bonchev–Trinajstić information content (AvgIpc) is 2.85. The first-order valence-corrected chi connectivity index (χ1v) is 6.50. The molecule has 0 saturated carbocycles. The van der Waals surface area contributed by atoms with Gasteiger partial charge in [-0.25, -0.2) is 0 Å². The molecule has 1 aromatic heterocycles. The zero-order chi connectivity index (χ0) is 14.5. The van der Waals surface area contributed by atoms with E-state index in [0.717, 1.165) is 28.9 Å². The largest absolute Gasteiger partial charge is 0.493 e. The van der Waals surface area contributed by atoms with Crippen LogP contribution in [0.15, 0.2) is 35.7 Å². The van der Waals surface area contributed by atoms with E-state index in [9.17, 15) is 0 Å². The summed E-state index contributed by atoms with van der Waals surface area (Å²) < 4.78 is 7.57. The first-order valence-electron chi connectivity index (χ1n) is 6.50. The van der Waals surface area contributed by atoms with Gasteiger partial charge in [-0.2, -0.15) is 5.10 Å². The van der Waals surface area contributed by atoms with E-state index in [0.29, 0.717) is 12.3 Å². The molecule has 0 unspecified atom stereocenters. The minimum Gasteiger partial charge on any atom is -0.493 e. The topological polar surface area (TPSA) is 59.6 Å². The molecular formula is C15H19N3O2. The number of benzene rings is 1. The molecule has 0 radical (unpaired) electrons. The first kappa shape index (κ1) is 14.1. The van der Waals surface area contributed by atoms with Crippen molar-refractivity contribution in [3.05, 3.63) is 47.3 Å². The van der Waals surface area contributed by atoms with Crippen LogP contribution in [0.2, 0.25) is 0 Å². The summed E-state index contributed by atoms with van der Waals surface area (Å²) in [6.45, 7) is 4.30. The fraction of sp³-hybridized carbons (Fsp3) is 0.333. The quantitative estimate of drug-likeness (QED) is 0.517. The number of nitrogens with zero attached hydrogens (tertiary/aromatic N) is 3. The Morgan fingerprint density at radius 3 is 2.90 bits per heavy atom. The molecule has 0 bridgehead atoms. The van der Waals surface area contributed by atoms with Crippen LogP contribution in [0, 0.1) is 6.92 Å². The average molecular weight is 273 g/mol. The predicted molar refractivity (Wildman–Crippen MR) is 77.6 cm³/mol. The number of hydrogen-bond donors (Lipinski definition) is 1. The normalized spacial score (nSPS) is 11.7. The number of rotatable bonds is 5. The lowest BCUT2D eigenvalue weighted by atomic mass is 10.1. The highest BCUT2D eigenvalue weighted by Crippen LogP contribution is 2.21. The number of ether oxygens (including phenoxy) is 1. The van der Waals surface area contributed by atoms with Crippen molar-refractivity contribution in [2.75, 3.05) is 6.61 Å². The predicted octanol–water partition coefficient (Wildman–Crippen LogP) is 2.55. The molecule has 2 aromatic rings. The second-order valence-electron chi connectivity index (χ2n) is 4.81. The fourth-order valence-corrected chi connectivity index (χ4v) is 1.99. The van der Waals surface area contributed by atoms with Gasteiger partial charge in [0.2, 0.25) is 0 Å². The standard InChI is InChI=1S/C15H19N3O2/c1-11-4-5-15(14(8-11)12(2)17-19)20-7-6-13-9-16-18(3)10-13/h4-5,8-10,19H,6-7H2,1-3H3/b17-12-. The van der Waals surface area contributed by atoms with Gasteiger partial charge in [0.05, 0.1) is 18.5 Å². The molecule has 0 spiro atoms. The summed E-state index contributed by atoms with van der Waals surface area (Å²) in [6.07, 6.45) is 4.59. The molecule has 0 amide bonds. The van der Waals surface area contributed by atoms with E-state index in [1.165, 1.54) is 0 Å². The van der Waals surface area contributed by atoms with Crippen molar-refractivity contribution < 1.29 is 9.94 Å². The zero-order valence-corrected chi connectivity index (χ0v) is 12.0. The molecule has 0 aliphatic carbocycles. The van der Waals surface area contributed by atoms with Crippen molar-refractivity contribution in [2.45, 2.75) is 20.3 Å². The summed E-state index contributed by atoms with van der Waals surface area (Å²) in [4.78, 5) is 0. The third kappa shape index (κ3) is 3.38. The molecular weight excluding hydrogens is 254 g/mol. The molecule has 0 saturated heterocycles. The molecule has 0 fully saturated rings. The Kier molecular flexibility index (Phi) is 4.40. The van der Waals surface area contributed by atoms with Crippen LogP contribution in [0.25, 0.3) is 0 Å². The molecule has 1 heterocycles. The van der Waals surface area contributed by atoms with E-state index < -0.39 is 0 Å². The van der Waals surface area contributed by atoms with Crippen LogP contribution in [0.1, 0.15) is 23.6 Å². The van der Waals surface area contributed by atoms with Gasteiger partial charge in [0.1, 0.15) is 5.75 Å². The smallest absolute Gasteiger partial charge is 0.128 e. The van der Waals surface area contributed by atoms with Crippen LogP contribution in [0.3, 0.4) is 0 Å². The van der Waals surface area contributed by atoms with Gasteiger partial charge in [0.15, 0.2) is 0 Å². The van der Waals surface area contributed by atoms with Gasteiger partial charge in [0.25, 0.3) is 0 Å². The molecule has 106 valence electrons. The van der Waals surface area contributed by atoms with E-state index in [1.807, 2.05) is 44.6 Å². The van der Waals surface area contributed by atoms with E-state index in [2.05, 4.69) is 10.3 Å². The molecule has 20 heavy (non-hydrogen) atoms. The maximum absolute atomic E-state index is 8.93. The summed E-state index contributed by atoms with van der Waals surface area (Å²) in [5.41, 5.74) is 3.60. The lowest BCUT2D eigenvalue weighted by molar-refractivity contribution is 0.314. The van der Waals surface area contributed by atoms with Gasteiger partial charge in [-0.15, -0.1) is 0 Å². The van der Waals surface area contributed by atoms with Crippen LogP contribution in [-0.2, 0) is 13.5 Å². The number of oxime groups is 1. The molecule has 5 heteroatoms. The molecule has 0 atom stereocenters. The van der Waals surface area contributed by atoms with E-state index in [-0.39, 0.29) is 0 Å². The highest BCUT2D eigenvalue weighted by atomic mass is 16.5. The highest BCUT2D eigenvalue weighted by molar-refractivity contribution is 6.00. The minimum absolute atomic E-state index is 0.546. The second-order valence-corrected chi connectivity index (χ2v) is 4.81. The SMILES string of the molecule is C/C(=N/O)c1cc(C)ccc1OCCc1cnn(C)c1. The monoisotopic (exact) mass is 273 g/mol. The van der Waals surface area contributed by atoms with Crippen LogP contribution in [0.5, 0.6) is 5.75 Å². The maximum Gasteiger partial charge on any atom is 0.128 e. The molecule has 0 aliphatic rings. The molecule has 2 rings (SSSR count). The Morgan fingerprint density at radius 1 is 1.45 bits per heavy atom. The van der Waals surface area contributed by atoms with Crippen molar-refractivity contribution in [1.82, 2.24) is 9.78 Å². The highest BCUT2D eigenvalue weighted by Gasteiger charge is 2.08. The van der Waals surface area contributed by atoms with Crippen molar-refractivity contribution >= 4 is 5.71 Å². The summed E-state index contributed by atoms with van der Waals surface area (Å²) in [5.74, 6) is 0.731. The van der Waals surface area contributed by atoms with Crippen molar-refractivity contribution in [3.63, 3.8) is 0 Å². The van der Waals surface area contributed by atoms with Gasteiger partial charge >= 0.3 is 0 Å². The van der Waals surface area contributed by atoms with Crippen molar-refractivity contribution in [3.8, 4) is 5.75 Å². The van der Waals surface area contributed by atoms with Gasteiger partial charge in [0, 0.05) is 25.2 Å². The van der Waals surface area contributed by atoms with Gasteiger partial charge < -0.3 is 9.94 Å². The van der Waals surface area contributed by atoms with Gasteiger partial charge in [-0.3, -0.25) is 4.68 Å².